The second-order valence-electron chi connectivity index (χ2n) is 4.96. The molecule has 1 atom stereocenters. The van der Waals surface area contributed by atoms with Crippen molar-refractivity contribution in [3.8, 4) is 0 Å². The molecule has 0 spiro atoms. The van der Waals surface area contributed by atoms with Gasteiger partial charge in [0.2, 0.25) is 0 Å². The van der Waals surface area contributed by atoms with Crippen LogP contribution in [0.5, 0.6) is 0 Å². The third-order valence-electron chi connectivity index (χ3n) is 3.46. The lowest BCUT2D eigenvalue weighted by molar-refractivity contribution is 0.171. The lowest BCUT2D eigenvalue weighted by Gasteiger charge is -2.32. The number of aryl methyl sites for hydroxylation is 1. The number of nitrogens with zero attached hydrogens (tertiary/aromatic N) is 1. The first-order valence-electron chi connectivity index (χ1n) is 6.26. The van der Waals surface area contributed by atoms with Gasteiger partial charge in [-0.3, -0.25) is 4.90 Å². The summed E-state index contributed by atoms with van der Waals surface area (Å²) in [4.78, 5) is 2.53. The van der Waals surface area contributed by atoms with E-state index in [1.807, 2.05) is 0 Å². The van der Waals surface area contributed by atoms with Crippen LogP contribution in [-0.2, 0) is 6.54 Å². The van der Waals surface area contributed by atoms with Gasteiger partial charge in [-0.15, -0.1) is 0 Å². The van der Waals surface area contributed by atoms with Crippen molar-refractivity contribution in [3.05, 3.63) is 35.4 Å². The number of likely N-dealkylation sites (tertiary alicyclic amines) is 1. The molecule has 1 saturated heterocycles. The van der Waals surface area contributed by atoms with E-state index in [1.54, 1.807) is 0 Å². The van der Waals surface area contributed by atoms with Crippen molar-refractivity contribution in [3.63, 3.8) is 0 Å². The van der Waals surface area contributed by atoms with Gasteiger partial charge in [-0.1, -0.05) is 29.8 Å². The summed E-state index contributed by atoms with van der Waals surface area (Å²) < 4.78 is 0. The zero-order valence-electron chi connectivity index (χ0n) is 10.2. The van der Waals surface area contributed by atoms with Gasteiger partial charge in [0.25, 0.3) is 0 Å². The molecule has 1 aromatic carbocycles. The van der Waals surface area contributed by atoms with Gasteiger partial charge in [0.1, 0.15) is 0 Å². The van der Waals surface area contributed by atoms with Gasteiger partial charge in [0.15, 0.2) is 0 Å². The van der Waals surface area contributed by atoms with E-state index >= 15 is 0 Å². The van der Waals surface area contributed by atoms with Crippen LogP contribution >= 0.6 is 0 Å². The molecule has 1 aromatic rings. The molecule has 16 heavy (non-hydrogen) atoms. The molecule has 0 aromatic heterocycles. The summed E-state index contributed by atoms with van der Waals surface area (Å²) in [6.45, 7) is 6.45. The largest absolute Gasteiger partial charge is 0.330 e. The predicted octanol–water partition coefficient (Wildman–Crippen LogP) is 2.17. The lowest BCUT2D eigenvalue weighted by atomic mass is 9.98. The Morgan fingerprint density at radius 3 is 2.75 bits per heavy atom. The van der Waals surface area contributed by atoms with Gasteiger partial charge >= 0.3 is 0 Å². The van der Waals surface area contributed by atoms with Crippen molar-refractivity contribution in [2.24, 2.45) is 11.7 Å². The molecule has 1 aliphatic rings. The van der Waals surface area contributed by atoms with E-state index < -0.39 is 0 Å². The average Bonchev–Trinajstić information content (AvgIpc) is 2.32. The SMILES string of the molecule is Cc1ccc(CN2CCCC(CN)C2)cc1. The highest BCUT2D eigenvalue weighted by Gasteiger charge is 2.18. The zero-order valence-corrected chi connectivity index (χ0v) is 10.2. The van der Waals surface area contributed by atoms with Crippen LogP contribution in [0.3, 0.4) is 0 Å². The monoisotopic (exact) mass is 218 g/mol. The molecule has 1 fully saturated rings. The summed E-state index contributed by atoms with van der Waals surface area (Å²) >= 11 is 0. The summed E-state index contributed by atoms with van der Waals surface area (Å²) in [6, 6.07) is 8.86. The smallest absolute Gasteiger partial charge is 0.0233 e. The topological polar surface area (TPSA) is 29.3 Å². The fourth-order valence-electron chi connectivity index (χ4n) is 2.44. The molecule has 2 nitrogen and oxygen atoms in total. The fourth-order valence-corrected chi connectivity index (χ4v) is 2.44. The Balaban J connectivity index is 1.91. The number of piperidine rings is 1. The summed E-state index contributed by atoms with van der Waals surface area (Å²) in [6.07, 6.45) is 2.61. The highest BCUT2D eigenvalue weighted by molar-refractivity contribution is 5.21. The minimum Gasteiger partial charge on any atom is -0.330 e. The van der Waals surface area contributed by atoms with Crippen molar-refractivity contribution in [1.82, 2.24) is 4.90 Å². The summed E-state index contributed by atoms with van der Waals surface area (Å²) in [5.74, 6) is 0.708. The van der Waals surface area contributed by atoms with Crippen molar-refractivity contribution in [2.75, 3.05) is 19.6 Å². The van der Waals surface area contributed by atoms with Crippen molar-refractivity contribution in [1.29, 1.82) is 0 Å². The Labute approximate surface area is 98.4 Å². The minimum absolute atomic E-state index is 0.708. The Hall–Kier alpha value is -0.860. The first-order chi connectivity index (χ1) is 7.78. The van der Waals surface area contributed by atoms with Gasteiger partial charge < -0.3 is 5.73 Å². The quantitative estimate of drug-likeness (QED) is 0.842. The molecular weight excluding hydrogens is 196 g/mol. The third-order valence-corrected chi connectivity index (χ3v) is 3.46. The van der Waals surface area contributed by atoms with E-state index in [-0.39, 0.29) is 0 Å². The summed E-state index contributed by atoms with van der Waals surface area (Å²) in [7, 11) is 0. The Morgan fingerprint density at radius 2 is 2.06 bits per heavy atom. The molecule has 2 heteroatoms. The highest BCUT2D eigenvalue weighted by atomic mass is 15.1. The maximum Gasteiger partial charge on any atom is 0.0233 e. The van der Waals surface area contributed by atoms with Crippen LogP contribution in [0.2, 0.25) is 0 Å². The molecule has 0 amide bonds. The fraction of sp³-hybridized carbons (Fsp3) is 0.571. The number of nitrogens with two attached hydrogens (primary N) is 1. The van der Waals surface area contributed by atoms with Crippen LogP contribution in [-0.4, -0.2) is 24.5 Å². The zero-order chi connectivity index (χ0) is 11.4. The van der Waals surface area contributed by atoms with Crippen LogP contribution in [0, 0.1) is 12.8 Å². The lowest BCUT2D eigenvalue weighted by Crippen LogP contribution is -2.37. The molecule has 0 bridgehead atoms. The normalized spacial score (nSPS) is 22.2. The van der Waals surface area contributed by atoms with Crippen LogP contribution in [0.25, 0.3) is 0 Å². The van der Waals surface area contributed by atoms with Crippen LogP contribution in [0.1, 0.15) is 24.0 Å². The summed E-state index contributed by atoms with van der Waals surface area (Å²) in [5.41, 5.74) is 8.51. The average molecular weight is 218 g/mol. The van der Waals surface area contributed by atoms with Crippen molar-refractivity contribution < 1.29 is 0 Å². The second-order valence-corrected chi connectivity index (χ2v) is 4.96. The molecule has 0 aliphatic carbocycles. The molecule has 0 saturated carbocycles. The standard InChI is InChI=1S/C14H22N2/c1-12-4-6-13(7-5-12)10-16-8-2-3-14(9-15)11-16/h4-7,14H,2-3,8-11,15H2,1H3. The molecule has 88 valence electrons. The predicted molar refractivity (Wildman–Crippen MR) is 68.2 cm³/mol. The van der Waals surface area contributed by atoms with Crippen molar-refractivity contribution >= 4 is 0 Å². The van der Waals surface area contributed by atoms with Crippen LogP contribution in [0.15, 0.2) is 24.3 Å². The Bertz CT molecular complexity index is 318. The van der Waals surface area contributed by atoms with Gasteiger partial charge in [0.05, 0.1) is 0 Å². The third kappa shape index (κ3) is 3.06. The van der Waals surface area contributed by atoms with E-state index in [0.717, 1.165) is 13.1 Å². The maximum atomic E-state index is 5.75. The van der Waals surface area contributed by atoms with Crippen LogP contribution in [0.4, 0.5) is 0 Å². The van der Waals surface area contributed by atoms with Gasteiger partial charge in [0, 0.05) is 13.1 Å². The number of rotatable bonds is 3. The molecule has 1 heterocycles. The molecular formula is C14H22N2. The van der Waals surface area contributed by atoms with Gasteiger partial charge in [-0.25, -0.2) is 0 Å². The van der Waals surface area contributed by atoms with E-state index in [4.69, 9.17) is 5.73 Å². The number of benzene rings is 1. The van der Waals surface area contributed by atoms with E-state index in [0.29, 0.717) is 5.92 Å². The van der Waals surface area contributed by atoms with Gasteiger partial charge in [-0.2, -0.15) is 0 Å². The number of hydrogen-bond donors (Lipinski definition) is 1. The molecule has 1 unspecified atom stereocenters. The molecule has 0 radical (unpaired) electrons. The minimum atomic E-state index is 0.708. The number of hydrogen-bond acceptors (Lipinski definition) is 2. The molecule has 1 aliphatic heterocycles. The first kappa shape index (κ1) is 11.6. The summed E-state index contributed by atoms with van der Waals surface area (Å²) in [5, 5.41) is 0. The maximum absolute atomic E-state index is 5.75. The first-order valence-corrected chi connectivity index (χ1v) is 6.26. The van der Waals surface area contributed by atoms with E-state index in [1.165, 1.54) is 37.1 Å². The van der Waals surface area contributed by atoms with Gasteiger partial charge in [-0.05, 0) is 44.3 Å². The molecule has 2 rings (SSSR count). The van der Waals surface area contributed by atoms with Crippen molar-refractivity contribution in [2.45, 2.75) is 26.3 Å². The Kier molecular flexibility index (Phi) is 3.97. The highest BCUT2D eigenvalue weighted by Crippen LogP contribution is 2.17. The van der Waals surface area contributed by atoms with E-state index in [9.17, 15) is 0 Å². The molecule has 2 N–H and O–H groups in total. The van der Waals surface area contributed by atoms with Crippen LogP contribution < -0.4 is 5.73 Å². The second kappa shape index (κ2) is 5.46. The Morgan fingerprint density at radius 1 is 1.31 bits per heavy atom. The van der Waals surface area contributed by atoms with E-state index in [2.05, 4.69) is 36.1 Å².